The van der Waals surface area contributed by atoms with E-state index in [4.69, 9.17) is 16.7 Å². The molecule has 0 amide bonds. The maximum atomic E-state index is 11.1. The molecular weight excluding hydrogens is 276 g/mol. The molecule has 2 atom stereocenters. The first-order chi connectivity index (χ1) is 9.47. The average molecular weight is 297 g/mol. The normalized spacial score (nSPS) is 22.8. The molecular formula is C15H21ClN2O2. The lowest BCUT2D eigenvalue weighted by Gasteiger charge is -2.35. The van der Waals surface area contributed by atoms with Gasteiger partial charge in [0.15, 0.2) is 0 Å². The molecule has 110 valence electrons. The molecule has 1 aromatic heterocycles. The number of carbonyl (C=O) groups is 1. The van der Waals surface area contributed by atoms with E-state index in [9.17, 15) is 4.79 Å². The zero-order valence-corrected chi connectivity index (χ0v) is 12.7. The predicted molar refractivity (Wildman–Crippen MR) is 80.4 cm³/mol. The van der Waals surface area contributed by atoms with Crippen molar-refractivity contribution in [3.63, 3.8) is 0 Å². The molecule has 4 nitrogen and oxygen atoms in total. The van der Waals surface area contributed by atoms with Gasteiger partial charge in [-0.25, -0.2) is 9.78 Å². The molecule has 0 aliphatic heterocycles. The number of nitrogens with one attached hydrogen (secondary N) is 1. The molecule has 0 saturated heterocycles. The Bertz CT molecular complexity index is 491. The Hall–Kier alpha value is -1.29. The van der Waals surface area contributed by atoms with E-state index in [1.54, 1.807) is 6.07 Å². The Balaban J connectivity index is 2.17. The molecule has 1 heterocycles. The monoisotopic (exact) mass is 296 g/mol. The summed E-state index contributed by atoms with van der Waals surface area (Å²) in [6.07, 6.45) is 4.78. The van der Waals surface area contributed by atoms with Crippen LogP contribution in [0.5, 0.6) is 0 Å². The topological polar surface area (TPSA) is 62.2 Å². The number of pyridine rings is 1. The Morgan fingerprint density at radius 2 is 2.10 bits per heavy atom. The highest BCUT2D eigenvalue weighted by molar-refractivity contribution is 6.29. The molecule has 0 bridgehead atoms. The van der Waals surface area contributed by atoms with Crippen molar-refractivity contribution in [3.05, 3.63) is 22.8 Å². The fraction of sp³-hybridized carbons (Fsp3) is 0.600. The van der Waals surface area contributed by atoms with Gasteiger partial charge in [-0.3, -0.25) is 0 Å². The van der Waals surface area contributed by atoms with Crippen LogP contribution in [0.1, 0.15) is 49.9 Å². The molecule has 0 radical (unpaired) electrons. The summed E-state index contributed by atoms with van der Waals surface area (Å²) < 4.78 is 0. The van der Waals surface area contributed by atoms with E-state index in [0.717, 1.165) is 6.42 Å². The Kier molecular flexibility index (Phi) is 4.86. The zero-order chi connectivity index (χ0) is 14.7. The highest BCUT2D eigenvalue weighted by Gasteiger charge is 2.27. The quantitative estimate of drug-likeness (QED) is 0.823. The predicted octanol–water partition coefficient (Wildman–Crippen LogP) is 4.06. The largest absolute Gasteiger partial charge is 0.478 e. The van der Waals surface area contributed by atoms with Gasteiger partial charge >= 0.3 is 5.97 Å². The molecule has 0 spiro atoms. The minimum absolute atomic E-state index is 0.171. The molecule has 1 fully saturated rings. The van der Waals surface area contributed by atoms with Gasteiger partial charge in [0.25, 0.3) is 0 Å². The first kappa shape index (κ1) is 15.1. The third-order valence-electron chi connectivity index (χ3n) is 4.05. The van der Waals surface area contributed by atoms with E-state index in [-0.39, 0.29) is 10.7 Å². The highest BCUT2D eigenvalue weighted by atomic mass is 35.5. The number of rotatable bonds is 4. The number of halogens is 1. The summed E-state index contributed by atoms with van der Waals surface area (Å²) in [7, 11) is 0. The Morgan fingerprint density at radius 3 is 2.75 bits per heavy atom. The third kappa shape index (κ3) is 3.63. The Labute approximate surface area is 124 Å². The summed E-state index contributed by atoms with van der Waals surface area (Å²) in [6, 6.07) is 3.27. The lowest BCUT2D eigenvalue weighted by atomic mass is 9.78. The number of nitrogens with zero attached hydrogens (tertiary/aromatic N) is 1. The van der Waals surface area contributed by atoms with Crippen LogP contribution in [0.3, 0.4) is 0 Å². The van der Waals surface area contributed by atoms with Crippen LogP contribution >= 0.6 is 11.6 Å². The fourth-order valence-corrected chi connectivity index (χ4v) is 3.23. The number of carboxylic acids is 1. The molecule has 2 N–H and O–H groups in total. The van der Waals surface area contributed by atoms with Gasteiger partial charge in [0, 0.05) is 6.04 Å². The number of carboxylic acid groups (broad SMARTS) is 1. The first-order valence-electron chi connectivity index (χ1n) is 7.15. The number of hydrogen-bond donors (Lipinski definition) is 2. The maximum absolute atomic E-state index is 11.1. The Morgan fingerprint density at radius 1 is 1.40 bits per heavy atom. The smallest absolute Gasteiger partial charge is 0.335 e. The molecule has 2 rings (SSSR count). The molecule has 1 aliphatic carbocycles. The third-order valence-corrected chi connectivity index (χ3v) is 4.24. The van der Waals surface area contributed by atoms with Gasteiger partial charge in [0.2, 0.25) is 0 Å². The lowest BCUT2D eigenvalue weighted by Crippen LogP contribution is -2.35. The summed E-state index contributed by atoms with van der Waals surface area (Å²) in [5.41, 5.74) is 0.171. The molecule has 5 heteroatoms. The van der Waals surface area contributed by atoms with Crippen molar-refractivity contribution < 1.29 is 9.90 Å². The molecule has 1 aliphatic rings. The first-order valence-corrected chi connectivity index (χ1v) is 7.52. The van der Waals surface area contributed by atoms with Crippen molar-refractivity contribution in [2.45, 2.75) is 45.6 Å². The van der Waals surface area contributed by atoms with Crippen LogP contribution in [-0.2, 0) is 0 Å². The lowest BCUT2D eigenvalue weighted by molar-refractivity contribution is 0.0697. The number of hydrogen-bond acceptors (Lipinski definition) is 3. The molecule has 2 unspecified atom stereocenters. The minimum atomic E-state index is -0.985. The standard InChI is InChI=1S/C15H21ClN2O2/c1-9(2)11-5-3-4-6-12(11)17-14-8-10(15(19)20)7-13(16)18-14/h7-9,11-12H,3-6H2,1-2H3,(H,17,18)(H,19,20). The van der Waals surface area contributed by atoms with Crippen molar-refractivity contribution in [2.24, 2.45) is 11.8 Å². The number of aromatic nitrogens is 1. The van der Waals surface area contributed by atoms with Gasteiger partial charge in [-0.1, -0.05) is 38.3 Å². The average Bonchev–Trinajstić information content (AvgIpc) is 2.38. The van der Waals surface area contributed by atoms with E-state index in [1.807, 2.05) is 0 Å². The zero-order valence-electron chi connectivity index (χ0n) is 11.9. The molecule has 20 heavy (non-hydrogen) atoms. The molecule has 0 aromatic carbocycles. The number of aromatic carboxylic acids is 1. The van der Waals surface area contributed by atoms with Crippen LogP contribution in [0, 0.1) is 11.8 Å². The molecule has 1 saturated carbocycles. The van der Waals surface area contributed by atoms with E-state index >= 15 is 0 Å². The van der Waals surface area contributed by atoms with E-state index in [0.29, 0.717) is 23.7 Å². The van der Waals surface area contributed by atoms with Crippen LogP contribution in [-0.4, -0.2) is 22.1 Å². The van der Waals surface area contributed by atoms with Crippen LogP contribution in [0.15, 0.2) is 12.1 Å². The van der Waals surface area contributed by atoms with Crippen LogP contribution in [0.25, 0.3) is 0 Å². The number of anilines is 1. The van der Waals surface area contributed by atoms with Gasteiger partial charge in [-0.2, -0.15) is 0 Å². The van der Waals surface area contributed by atoms with Crippen molar-refractivity contribution >= 4 is 23.4 Å². The van der Waals surface area contributed by atoms with Crippen molar-refractivity contribution in [2.75, 3.05) is 5.32 Å². The summed E-state index contributed by atoms with van der Waals surface area (Å²) in [6.45, 7) is 4.47. The van der Waals surface area contributed by atoms with Crippen LogP contribution in [0.4, 0.5) is 5.82 Å². The summed E-state index contributed by atoms with van der Waals surface area (Å²) in [4.78, 5) is 15.3. The highest BCUT2D eigenvalue weighted by Crippen LogP contribution is 2.32. The van der Waals surface area contributed by atoms with Crippen molar-refractivity contribution in [1.29, 1.82) is 0 Å². The summed E-state index contributed by atoms with van der Waals surface area (Å²) in [5.74, 6) is 0.776. The summed E-state index contributed by atoms with van der Waals surface area (Å²) in [5, 5.41) is 12.7. The van der Waals surface area contributed by atoms with Crippen molar-refractivity contribution in [3.8, 4) is 0 Å². The second-order valence-corrected chi connectivity index (χ2v) is 6.20. The van der Waals surface area contributed by atoms with E-state index in [1.165, 1.54) is 25.3 Å². The second-order valence-electron chi connectivity index (χ2n) is 5.81. The van der Waals surface area contributed by atoms with Crippen LogP contribution in [0.2, 0.25) is 5.15 Å². The summed E-state index contributed by atoms with van der Waals surface area (Å²) >= 11 is 5.90. The molecule has 1 aromatic rings. The minimum Gasteiger partial charge on any atom is -0.478 e. The van der Waals surface area contributed by atoms with E-state index in [2.05, 4.69) is 24.1 Å². The van der Waals surface area contributed by atoms with Gasteiger partial charge in [0.05, 0.1) is 5.56 Å². The van der Waals surface area contributed by atoms with Crippen LogP contribution < -0.4 is 5.32 Å². The fourth-order valence-electron chi connectivity index (χ4n) is 3.02. The van der Waals surface area contributed by atoms with Gasteiger partial charge in [-0.05, 0) is 36.8 Å². The maximum Gasteiger partial charge on any atom is 0.335 e. The van der Waals surface area contributed by atoms with Gasteiger partial charge in [0.1, 0.15) is 11.0 Å². The van der Waals surface area contributed by atoms with Gasteiger partial charge < -0.3 is 10.4 Å². The van der Waals surface area contributed by atoms with E-state index < -0.39 is 5.97 Å². The SMILES string of the molecule is CC(C)C1CCCCC1Nc1cc(C(=O)O)cc(Cl)n1. The second kappa shape index (κ2) is 6.44. The van der Waals surface area contributed by atoms with Gasteiger partial charge in [-0.15, -0.1) is 0 Å². The van der Waals surface area contributed by atoms with Crippen molar-refractivity contribution in [1.82, 2.24) is 4.98 Å².